The molecule has 0 spiro atoms. The van der Waals surface area contributed by atoms with Gasteiger partial charge in [-0.2, -0.15) is 0 Å². The van der Waals surface area contributed by atoms with Gasteiger partial charge < -0.3 is 9.64 Å². The Morgan fingerprint density at radius 1 is 1.10 bits per heavy atom. The zero-order chi connectivity index (χ0) is 21.1. The number of nitrogens with zero attached hydrogens (tertiary/aromatic N) is 2. The Labute approximate surface area is 170 Å². The van der Waals surface area contributed by atoms with Gasteiger partial charge in [0, 0.05) is 26.1 Å². The zero-order valence-corrected chi connectivity index (χ0v) is 16.6. The molecule has 154 valence electrons. The fourth-order valence-corrected chi connectivity index (χ4v) is 2.94. The van der Waals surface area contributed by atoms with Crippen LogP contribution in [0.2, 0.25) is 0 Å². The summed E-state index contributed by atoms with van der Waals surface area (Å²) in [6, 6.07) is 14.0. The number of hydrogen-bond acceptors (Lipinski definition) is 5. The van der Waals surface area contributed by atoms with E-state index in [2.05, 4.69) is 0 Å². The fourth-order valence-electron chi connectivity index (χ4n) is 2.94. The van der Waals surface area contributed by atoms with Gasteiger partial charge in [-0.25, -0.2) is 0 Å². The lowest BCUT2D eigenvalue weighted by Gasteiger charge is -2.17. The van der Waals surface area contributed by atoms with E-state index < -0.39 is 4.92 Å². The lowest BCUT2D eigenvalue weighted by atomic mass is 10.1. The lowest BCUT2D eigenvalue weighted by molar-refractivity contribution is -0.385. The van der Waals surface area contributed by atoms with E-state index in [0.29, 0.717) is 31.6 Å². The Morgan fingerprint density at radius 3 is 2.52 bits per heavy atom. The highest BCUT2D eigenvalue weighted by Crippen LogP contribution is 2.22. The van der Waals surface area contributed by atoms with E-state index in [1.165, 1.54) is 18.2 Å². The van der Waals surface area contributed by atoms with Crippen molar-refractivity contribution in [1.29, 1.82) is 0 Å². The summed E-state index contributed by atoms with van der Waals surface area (Å²) in [5, 5.41) is 10.8. The molecule has 2 aromatic rings. The highest BCUT2D eigenvalue weighted by atomic mass is 16.6. The van der Waals surface area contributed by atoms with Crippen molar-refractivity contribution in [1.82, 2.24) is 4.90 Å². The first-order valence-corrected chi connectivity index (χ1v) is 9.65. The smallest absolute Gasteiger partial charge is 0.280 e. The molecular formula is C22H26N2O5. The molecule has 0 heterocycles. The van der Waals surface area contributed by atoms with Gasteiger partial charge in [0.05, 0.1) is 17.1 Å². The number of amides is 1. The number of carbonyl (C=O) groups is 2. The molecule has 0 saturated heterocycles. The van der Waals surface area contributed by atoms with Gasteiger partial charge in [0.2, 0.25) is 5.91 Å². The normalized spacial score (nSPS) is 10.4. The summed E-state index contributed by atoms with van der Waals surface area (Å²) < 4.78 is 5.56. The molecule has 2 aromatic carbocycles. The molecule has 29 heavy (non-hydrogen) atoms. The number of benzene rings is 2. The van der Waals surface area contributed by atoms with E-state index in [1.807, 2.05) is 37.4 Å². The van der Waals surface area contributed by atoms with Crippen LogP contribution >= 0.6 is 0 Å². The predicted molar refractivity (Wildman–Crippen MR) is 110 cm³/mol. The van der Waals surface area contributed by atoms with Crippen LogP contribution in [0.5, 0.6) is 5.75 Å². The van der Waals surface area contributed by atoms with Gasteiger partial charge in [-0.15, -0.1) is 0 Å². The van der Waals surface area contributed by atoms with Crippen LogP contribution < -0.4 is 4.74 Å². The van der Waals surface area contributed by atoms with E-state index in [-0.39, 0.29) is 17.2 Å². The molecule has 7 heteroatoms. The number of ether oxygens (including phenoxy) is 1. The van der Waals surface area contributed by atoms with Crippen LogP contribution in [0.4, 0.5) is 5.69 Å². The number of rotatable bonds is 12. The fraction of sp³-hybridized carbons (Fsp3) is 0.364. The van der Waals surface area contributed by atoms with E-state index in [9.17, 15) is 19.7 Å². The molecule has 0 saturated carbocycles. The third kappa shape index (κ3) is 7.37. The van der Waals surface area contributed by atoms with Gasteiger partial charge in [0.15, 0.2) is 6.29 Å². The number of hydrogen-bond donors (Lipinski definition) is 0. The summed E-state index contributed by atoms with van der Waals surface area (Å²) in [5.74, 6) is 0.577. The minimum atomic E-state index is -0.591. The maximum absolute atomic E-state index is 12.2. The molecule has 0 N–H and O–H groups in total. The molecule has 0 atom stereocenters. The second kappa shape index (κ2) is 11.6. The monoisotopic (exact) mass is 398 g/mol. The Kier molecular flexibility index (Phi) is 8.82. The summed E-state index contributed by atoms with van der Waals surface area (Å²) >= 11 is 0. The van der Waals surface area contributed by atoms with Crippen molar-refractivity contribution in [2.24, 2.45) is 0 Å². The summed E-state index contributed by atoms with van der Waals surface area (Å²) in [7, 11) is 1.82. The van der Waals surface area contributed by atoms with E-state index in [4.69, 9.17) is 4.74 Å². The summed E-state index contributed by atoms with van der Waals surface area (Å²) in [6.45, 7) is 1.07. The molecule has 0 bridgehead atoms. The van der Waals surface area contributed by atoms with Crippen molar-refractivity contribution in [2.45, 2.75) is 38.6 Å². The Balaban J connectivity index is 1.60. The first kappa shape index (κ1) is 22.1. The summed E-state index contributed by atoms with van der Waals surface area (Å²) in [6.07, 6.45) is 4.45. The predicted octanol–water partition coefficient (Wildman–Crippen LogP) is 4.40. The lowest BCUT2D eigenvalue weighted by Crippen LogP contribution is -2.25. The summed E-state index contributed by atoms with van der Waals surface area (Å²) in [4.78, 5) is 35.1. The van der Waals surface area contributed by atoms with Crippen LogP contribution in [-0.2, 0) is 11.3 Å². The van der Waals surface area contributed by atoms with E-state index >= 15 is 0 Å². The number of nitro benzene ring substituents is 1. The Bertz CT molecular complexity index is 823. The SMILES string of the molecule is CN(Cc1ccccc1)C(=O)CCCCCCOc1ccc([N+](=O)[O-])c(C=O)c1. The molecule has 1 amide bonds. The zero-order valence-electron chi connectivity index (χ0n) is 16.6. The average Bonchev–Trinajstić information content (AvgIpc) is 2.73. The van der Waals surface area contributed by atoms with E-state index in [1.54, 1.807) is 4.90 Å². The minimum absolute atomic E-state index is 0.00522. The largest absolute Gasteiger partial charge is 0.494 e. The van der Waals surface area contributed by atoms with Crippen LogP contribution in [0.1, 0.15) is 48.0 Å². The Hall–Kier alpha value is -3.22. The van der Waals surface area contributed by atoms with Crippen LogP contribution in [0, 0.1) is 10.1 Å². The van der Waals surface area contributed by atoms with Crippen molar-refractivity contribution in [2.75, 3.05) is 13.7 Å². The van der Waals surface area contributed by atoms with E-state index in [0.717, 1.165) is 31.2 Å². The molecular weight excluding hydrogens is 372 g/mol. The van der Waals surface area contributed by atoms with Crippen LogP contribution in [0.15, 0.2) is 48.5 Å². The van der Waals surface area contributed by atoms with Gasteiger partial charge in [0.25, 0.3) is 5.69 Å². The summed E-state index contributed by atoms with van der Waals surface area (Å²) in [5.41, 5.74) is 0.893. The molecule has 0 fully saturated rings. The van der Waals surface area contributed by atoms with Gasteiger partial charge in [0.1, 0.15) is 5.75 Å². The number of aldehydes is 1. The minimum Gasteiger partial charge on any atom is -0.494 e. The van der Waals surface area contributed by atoms with Gasteiger partial charge in [-0.3, -0.25) is 19.7 Å². The molecule has 0 unspecified atom stereocenters. The van der Waals surface area contributed by atoms with Crippen LogP contribution in [0.3, 0.4) is 0 Å². The Morgan fingerprint density at radius 2 is 1.83 bits per heavy atom. The number of carbonyl (C=O) groups excluding carboxylic acids is 2. The third-order valence-electron chi connectivity index (χ3n) is 4.56. The van der Waals surface area contributed by atoms with Gasteiger partial charge in [-0.1, -0.05) is 43.2 Å². The highest BCUT2D eigenvalue weighted by molar-refractivity contribution is 5.82. The quantitative estimate of drug-likeness (QED) is 0.229. The number of nitro groups is 1. The van der Waals surface area contributed by atoms with Crippen molar-refractivity contribution < 1.29 is 19.2 Å². The van der Waals surface area contributed by atoms with Crippen molar-refractivity contribution >= 4 is 17.9 Å². The maximum atomic E-state index is 12.2. The average molecular weight is 398 g/mol. The highest BCUT2D eigenvalue weighted by Gasteiger charge is 2.13. The molecule has 0 aliphatic heterocycles. The molecule has 0 aromatic heterocycles. The van der Waals surface area contributed by atoms with Crippen molar-refractivity contribution in [3.8, 4) is 5.75 Å². The molecule has 0 aliphatic rings. The topological polar surface area (TPSA) is 89.8 Å². The third-order valence-corrected chi connectivity index (χ3v) is 4.56. The van der Waals surface area contributed by atoms with Crippen LogP contribution in [0.25, 0.3) is 0 Å². The first-order chi connectivity index (χ1) is 14.0. The standard InChI is InChI=1S/C22H26N2O5/c1-23(16-18-9-5-4-6-10-18)22(26)11-7-2-3-8-14-29-20-12-13-21(24(27)28)19(15-20)17-25/h4-6,9-10,12-13,15,17H,2-3,7-8,11,14,16H2,1H3. The first-order valence-electron chi connectivity index (χ1n) is 9.65. The second-order valence-electron chi connectivity index (χ2n) is 6.84. The molecule has 2 rings (SSSR count). The maximum Gasteiger partial charge on any atom is 0.280 e. The van der Waals surface area contributed by atoms with Gasteiger partial charge >= 0.3 is 0 Å². The van der Waals surface area contributed by atoms with Crippen molar-refractivity contribution in [3.05, 3.63) is 69.8 Å². The molecule has 0 aliphatic carbocycles. The van der Waals surface area contributed by atoms with Gasteiger partial charge in [-0.05, 0) is 30.5 Å². The number of unbranched alkanes of at least 4 members (excludes halogenated alkanes) is 3. The van der Waals surface area contributed by atoms with Crippen molar-refractivity contribution in [3.63, 3.8) is 0 Å². The molecule has 0 radical (unpaired) electrons. The van der Waals surface area contributed by atoms with Crippen LogP contribution in [-0.4, -0.2) is 35.7 Å². The molecule has 7 nitrogen and oxygen atoms in total. The second-order valence-corrected chi connectivity index (χ2v) is 6.84.